The zero-order chi connectivity index (χ0) is 12.8. The molecule has 1 aliphatic heterocycles. The van der Waals surface area contributed by atoms with E-state index in [4.69, 9.17) is 10.5 Å². The second-order valence-electron chi connectivity index (χ2n) is 4.81. The van der Waals surface area contributed by atoms with E-state index in [1.807, 2.05) is 12.1 Å². The molecule has 2 N–H and O–H groups in total. The van der Waals surface area contributed by atoms with Crippen LogP contribution in [0.25, 0.3) is 0 Å². The number of ether oxygens (including phenoxy) is 1. The SMILES string of the molecule is CCC1CN(Cc2cccc(CN)n2)CCCO1. The molecule has 1 atom stereocenters. The zero-order valence-corrected chi connectivity index (χ0v) is 11.1. The van der Waals surface area contributed by atoms with Gasteiger partial charge in [-0.25, -0.2) is 0 Å². The molecule has 4 nitrogen and oxygen atoms in total. The Labute approximate surface area is 109 Å². The van der Waals surface area contributed by atoms with Gasteiger partial charge >= 0.3 is 0 Å². The van der Waals surface area contributed by atoms with E-state index in [-0.39, 0.29) is 0 Å². The second kappa shape index (κ2) is 6.83. The summed E-state index contributed by atoms with van der Waals surface area (Å²) in [6.07, 6.45) is 2.55. The van der Waals surface area contributed by atoms with E-state index in [1.54, 1.807) is 0 Å². The molecule has 1 fully saturated rings. The van der Waals surface area contributed by atoms with Crippen LogP contribution in [0.1, 0.15) is 31.2 Å². The summed E-state index contributed by atoms with van der Waals surface area (Å²) in [7, 11) is 0. The van der Waals surface area contributed by atoms with Crippen molar-refractivity contribution < 1.29 is 4.74 Å². The molecule has 1 aromatic heterocycles. The first-order valence-corrected chi connectivity index (χ1v) is 6.80. The molecule has 1 unspecified atom stereocenters. The Balaban J connectivity index is 1.98. The van der Waals surface area contributed by atoms with Crippen LogP contribution in [0, 0.1) is 0 Å². The molecule has 0 amide bonds. The van der Waals surface area contributed by atoms with E-state index in [9.17, 15) is 0 Å². The van der Waals surface area contributed by atoms with Crippen LogP contribution in [0.5, 0.6) is 0 Å². The van der Waals surface area contributed by atoms with E-state index in [1.165, 1.54) is 0 Å². The van der Waals surface area contributed by atoms with Gasteiger partial charge in [-0.2, -0.15) is 0 Å². The first-order valence-electron chi connectivity index (χ1n) is 6.80. The standard InChI is InChI=1S/C14H23N3O/c1-2-14-11-17(7-4-8-18-14)10-13-6-3-5-12(9-15)16-13/h3,5-6,14H,2,4,7-11,15H2,1H3. The Morgan fingerprint density at radius 1 is 1.44 bits per heavy atom. The van der Waals surface area contributed by atoms with Crippen LogP contribution in [0.2, 0.25) is 0 Å². The molecule has 2 rings (SSSR count). The first-order chi connectivity index (χ1) is 8.81. The highest BCUT2D eigenvalue weighted by atomic mass is 16.5. The summed E-state index contributed by atoms with van der Waals surface area (Å²) in [6, 6.07) is 6.09. The molecule has 4 heteroatoms. The Morgan fingerprint density at radius 3 is 3.06 bits per heavy atom. The number of hydrogen-bond donors (Lipinski definition) is 1. The Bertz CT molecular complexity index is 370. The third kappa shape index (κ3) is 3.77. The van der Waals surface area contributed by atoms with Crippen LogP contribution >= 0.6 is 0 Å². The van der Waals surface area contributed by atoms with E-state index in [2.05, 4.69) is 22.9 Å². The van der Waals surface area contributed by atoms with Crippen molar-refractivity contribution in [1.29, 1.82) is 0 Å². The van der Waals surface area contributed by atoms with Gasteiger partial charge in [0.05, 0.1) is 17.5 Å². The fourth-order valence-corrected chi connectivity index (χ4v) is 2.32. The molecule has 0 radical (unpaired) electrons. The molecule has 0 bridgehead atoms. The van der Waals surface area contributed by atoms with Crippen LogP contribution in [0.3, 0.4) is 0 Å². The van der Waals surface area contributed by atoms with Crippen LogP contribution in [-0.4, -0.2) is 35.7 Å². The van der Waals surface area contributed by atoms with Crippen molar-refractivity contribution in [3.63, 3.8) is 0 Å². The van der Waals surface area contributed by atoms with Crippen LogP contribution in [0.4, 0.5) is 0 Å². The largest absolute Gasteiger partial charge is 0.377 e. The van der Waals surface area contributed by atoms with Gasteiger partial charge in [0.2, 0.25) is 0 Å². The lowest BCUT2D eigenvalue weighted by molar-refractivity contribution is 0.0508. The second-order valence-corrected chi connectivity index (χ2v) is 4.81. The molecule has 0 spiro atoms. The molecule has 0 aliphatic carbocycles. The first kappa shape index (κ1) is 13.5. The number of pyridine rings is 1. The summed E-state index contributed by atoms with van der Waals surface area (Å²) in [5.41, 5.74) is 7.69. The Morgan fingerprint density at radius 2 is 2.28 bits per heavy atom. The van der Waals surface area contributed by atoms with E-state index >= 15 is 0 Å². The smallest absolute Gasteiger partial charge is 0.0699 e. The average molecular weight is 249 g/mol. The molecule has 100 valence electrons. The average Bonchev–Trinajstić information content (AvgIpc) is 2.64. The van der Waals surface area contributed by atoms with Crippen molar-refractivity contribution in [3.05, 3.63) is 29.6 Å². The van der Waals surface area contributed by atoms with Crippen molar-refractivity contribution in [3.8, 4) is 0 Å². The highest BCUT2D eigenvalue weighted by Crippen LogP contribution is 2.11. The summed E-state index contributed by atoms with van der Waals surface area (Å²) in [5.74, 6) is 0. The minimum Gasteiger partial charge on any atom is -0.377 e. The normalized spacial score (nSPS) is 21.8. The summed E-state index contributed by atoms with van der Waals surface area (Å²) in [6.45, 7) is 6.56. The van der Waals surface area contributed by atoms with Crippen molar-refractivity contribution in [1.82, 2.24) is 9.88 Å². The number of hydrogen-bond acceptors (Lipinski definition) is 4. The van der Waals surface area contributed by atoms with Gasteiger partial charge in [-0.15, -0.1) is 0 Å². The van der Waals surface area contributed by atoms with E-state index in [0.717, 1.165) is 50.5 Å². The zero-order valence-electron chi connectivity index (χ0n) is 11.1. The summed E-state index contributed by atoms with van der Waals surface area (Å²) in [5, 5.41) is 0. The van der Waals surface area contributed by atoms with E-state index in [0.29, 0.717) is 12.6 Å². The van der Waals surface area contributed by atoms with E-state index < -0.39 is 0 Å². The maximum absolute atomic E-state index is 5.78. The Hall–Kier alpha value is -0.970. The minimum atomic E-state index is 0.366. The summed E-state index contributed by atoms with van der Waals surface area (Å²) >= 11 is 0. The number of nitrogens with two attached hydrogens (primary N) is 1. The molecule has 2 heterocycles. The molecule has 1 aromatic rings. The molecule has 1 aliphatic rings. The molecular formula is C14H23N3O. The summed E-state index contributed by atoms with van der Waals surface area (Å²) < 4.78 is 5.78. The van der Waals surface area contributed by atoms with Crippen molar-refractivity contribution >= 4 is 0 Å². The number of nitrogens with zero attached hydrogens (tertiary/aromatic N) is 2. The molecule has 1 saturated heterocycles. The fourth-order valence-electron chi connectivity index (χ4n) is 2.32. The lowest BCUT2D eigenvalue weighted by atomic mass is 10.2. The molecule has 18 heavy (non-hydrogen) atoms. The number of aromatic nitrogens is 1. The third-order valence-corrected chi connectivity index (χ3v) is 3.35. The maximum atomic E-state index is 5.78. The lowest BCUT2D eigenvalue weighted by Crippen LogP contribution is -2.31. The topological polar surface area (TPSA) is 51.4 Å². The van der Waals surface area contributed by atoms with Crippen molar-refractivity contribution in [2.24, 2.45) is 5.73 Å². The number of rotatable bonds is 4. The van der Waals surface area contributed by atoms with Gasteiger partial charge in [-0.3, -0.25) is 9.88 Å². The monoisotopic (exact) mass is 249 g/mol. The molecular weight excluding hydrogens is 226 g/mol. The lowest BCUT2D eigenvalue weighted by Gasteiger charge is -2.22. The molecule has 0 saturated carbocycles. The van der Waals surface area contributed by atoms with Crippen LogP contribution in [0.15, 0.2) is 18.2 Å². The maximum Gasteiger partial charge on any atom is 0.0699 e. The Kier molecular flexibility index (Phi) is 5.11. The quantitative estimate of drug-likeness (QED) is 0.879. The highest BCUT2D eigenvalue weighted by Gasteiger charge is 2.17. The van der Waals surface area contributed by atoms with Crippen LogP contribution in [-0.2, 0) is 17.8 Å². The van der Waals surface area contributed by atoms with Gasteiger partial charge in [0.15, 0.2) is 0 Å². The van der Waals surface area contributed by atoms with Gasteiger partial charge < -0.3 is 10.5 Å². The predicted molar refractivity (Wildman–Crippen MR) is 72.1 cm³/mol. The van der Waals surface area contributed by atoms with Crippen molar-refractivity contribution in [2.75, 3.05) is 19.7 Å². The predicted octanol–water partition coefficient (Wildman–Crippen LogP) is 1.54. The highest BCUT2D eigenvalue weighted by molar-refractivity contribution is 5.11. The van der Waals surface area contributed by atoms with Crippen molar-refractivity contribution in [2.45, 2.75) is 39.0 Å². The third-order valence-electron chi connectivity index (χ3n) is 3.35. The van der Waals surface area contributed by atoms with Gasteiger partial charge in [-0.1, -0.05) is 13.0 Å². The molecule has 0 aromatic carbocycles. The van der Waals surface area contributed by atoms with Gasteiger partial charge in [-0.05, 0) is 25.0 Å². The minimum absolute atomic E-state index is 0.366. The van der Waals surface area contributed by atoms with Gasteiger partial charge in [0.25, 0.3) is 0 Å². The fraction of sp³-hybridized carbons (Fsp3) is 0.643. The van der Waals surface area contributed by atoms with Gasteiger partial charge in [0.1, 0.15) is 0 Å². The summed E-state index contributed by atoms with van der Waals surface area (Å²) in [4.78, 5) is 6.99. The van der Waals surface area contributed by atoms with Gasteiger partial charge in [0, 0.05) is 32.8 Å². The van der Waals surface area contributed by atoms with Crippen LogP contribution < -0.4 is 5.73 Å².